The van der Waals surface area contributed by atoms with Gasteiger partial charge in [-0.15, -0.1) is 6.42 Å². The zero-order chi connectivity index (χ0) is 8.97. The Hall–Kier alpha value is -2.00. The van der Waals surface area contributed by atoms with Crippen molar-refractivity contribution in [2.75, 3.05) is 0 Å². The van der Waals surface area contributed by atoms with Crippen molar-refractivity contribution >= 4 is 6.29 Å². The maximum absolute atomic E-state index is 10.4. The minimum Gasteiger partial charge on any atom is -0.341 e. The lowest BCUT2D eigenvalue weighted by Crippen LogP contribution is -1.89. The number of nitriles is 1. The molecule has 0 aromatic carbocycles. The highest BCUT2D eigenvalue weighted by Gasteiger charge is 2.03. The second-order valence-corrected chi connectivity index (χ2v) is 2.23. The van der Waals surface area contributed by atoms with Crippen molar-refractivity contribution < 1.29 is 4.79 Å². The number of hydrogen-bond donors (Lipinski definition) is 0. The van der Waals surface area contributed by atoms with E-state index in [1.165, 1.54) is 0 Å². The molecule has 1 heterocycles. The van der Waals surface area contributed by atoms with E-state index in [4.69, 9.17) is 11.7 Å². The van der Waals surface area contributed by atoms with E-state index in [2.05, 4.69) is 5.92 Å². The lowest BCUT2D eigenvalue weighted by Gasteiger charge is -1.90. The van der Waals surface area contributed by atoms with Gasteiger partial charge in [0, 0.05) is 18.0 Å². The summed E-state index contributed by atoms with van der Waals surface area (Å²) in [5, 5.41) is 8.56. The number of nitrogens with zero attached hydrogens (tertiary/aromatic N) is 2. The molecule has 1 aromatic heterocycles. The first kappa shape index (κ1) is 8.10. The van der Waals surface area contributed by atoms with Crippen LogP contribution in [0.15, 0.2) is 12.4 Å². The molecule has 0 saturated heterocycles. The SMILES string of the molecule is C#CCn1cc(C#N)c(C=O)c1. The molecule has 0 atom stereocenters. The summed E-state index contributed by atoms with van der Waals surface area (Å²) < 4.78 is 1.63. The van der Waals surface area contributed by atoms with E-state index in [9.17, 15) is 4.79 Å². The van der Waals surface area contributed by atoms with Crippen LogP contribution in [-0.2, 0) is 6.54 Å². The Bertz CT molecular complexity index is 376. The van der Waals surface area contributed by atoms with Gasteiger partial charge in [0.2, 0.25) is 0 Å². The van der Waals surface area contributed by atoms with Gasteiger partial charge in [0.1, 0.15) is 6.07 Å². The quantitative estimate of drug-likeness (QED) is 0.472. The second kappa shape index (κ2) is 3.41. The average molecular weight is 158 g/mol. The van der Waals surface area contributed by atoms with Crippen LogP contribution < -0.4 is 0 Å². The Kier molecular flexibility index (Phi) is 2.30. The summed E-state index contributed by atoms with van der Waals surface area (Å²) in [6.07, 6.45) is 8.83. The Morgan fingerprint density at radius 1 is 1.67 bits per heavy atom. The maximum atomic E-state index is 10.4. The fourth-order valence-corrected chi connectivity index (χ4v) is 0.910. The summed E-state index contributed by atoms with van der Waals surface area (Å²) in [5.41, 5.74) is 0.744. The highest BCUT2D eigenvalue weighted by molar-refractivity contribution is 5.78. The third kappa shape index (κ3) is 1.36. The van der Waals surface area contributed by atoms with Crippen molar-refractivity contribution in [2.24, 2.45) is 0 Å². The molecule has 0 aliphatic rings. The molecule has 0 unspecified atom stereocenters. The summed E-state index contributed by atoms with van der Waals surface area (Å²) in [4.78, 5) is 10.4. The highest BCUT2D eigenvalue weighted by atomic mass is 16.1. The molecule has 0 fully saturated rings. The van der Waals surface area contributed by atoms with E-state index >= 15 is 0 Å². The number of carbonyl (C=O) groups excluding carboxylic acids is 1. The first-order valence-corrected chi connectivity index (χ1v) is 3.30. The molecule has 12 heavy (non-hydrogen) atoms. The van der Waals surface area contributed by atoms with Gasteiger partial charge in [0.05, 0.1) is 12.1 Å². The third-order valence-electron chi connectivity index (χ3n) is 1.43. The largest absolute Gasteiger partial charge is 0.341 e. The van der Waals surface area contributed by atoms with Crippen molar-refractivity contribution in [3.8, 4) is 18.4 Å². The second-order valence-electron chi connectivity index (χ2n) is 2.23. The van der Waals surface area contributed by atoms with Crippen molar-refractivity contribution in [1.29, 1.82) is 5.26 Å². The molecule has 1 aromatic rings. The zero-order valence-electron chi connectivity index (χ0n) is 6.32. The van der Waals surface area contributed by atoms with E-state index in [1.54, 1.807) is 17.0 Å². The molecule has 0 radical (unpaired) electrons. The average Bonchev–Trinajstić information content (AvgIpc) is 2.48. The van der Waals surface area contributed by atoms with E-state index < -0.39 is 0 Å². The monoisotopic (exact) mass is 158 g/mol. The van der Waals surface area contributed by atoms with Gasteiger partial charge in [0.25, 0.3) is 0 Å². The molecule has 0 aliphatic heterocycles. The van der Waals surface area contributed by atoms with Crippen LogP contribution >= 0.6 is 0 Å². The molecule has 3 nitrogen and oxygen atoms in total. The number of aromatic nitrogens is 1. The van der Waals surface area contributed by atoms with Crippen LogP contribution in [0.4, 0.5) is 0 Å². The van der Waals surface area contributed by atoms with Gasteiger partial charge >= 0.3 is 0 Å². The summed E-state index contributed by atoms with van der Waals surface area (Å²) in [6.45, 7) is 0.377. The van der Waals surface area contributed by atoms with Crippen LogP contribution in [0.3, 0.4) is 0 Å². The van der Waals surface area contributed by atoms with Gasteiger partial charge in [-0.3, -0.25) is 4.79 Å². The van der Waals surface area contributed by atoms with Crippen molar-refractivity contribution in [3.63, 3.8) is 0 Å². The summed E-state index contributed by atoms with van der Waals surface area (Å²) in [5.74, 6) is 2.41. The number of aldehydes is 1. The van der Waals surface area contributed by atoms with E-state index in [0.29, 0.717) is 24.0 Å². The summed E-state index contributed by atoms with van der Waals surface area (Å²) in [7, 11) is 0. The van der Waals surface area contributed by atoms with E-state index in [-0.39, 0.29) is 0 Å². The van der Waals surface area contributed by atoms with Crippen LogP contribution in [-0.4, -0.2) is 10.9 Å². The number of rotatable bonds is 2. The lowest BCUT2D eigenvalue weighted by molar-refractivity contribution is 0.112. The van der Waals surface area contributed by atoms with Gasteiger partial charge in [0.15, 0.2) is 6.29 Å². The molecule has 0 bridgehead atoms. The molecule has 0 saturated carbocycles. The summed E-state index contributed by atoms with van der Waals surface area (Å²) >= 11 is 0. The fourth-order valence-electron chi connectivity index (χ4n) is 0.910. The number of hydrogen-bond acceptors (Lipinski definition) is 2. The topological polar surface area (TPSA) is 45.8 Å². The predicted octanol–water partition coefficient (Wildman–Crippen LogP) is 0.805. The molecule has 58 valence electrons. The third-order valence-corrected chi connectivity index (χ3v) is 1.43. The Morgan fingerprint density at radius 3 is 2.83 bits per heavy atom. The molecular weight excluding hydrogens is 152 g/mol. The van der Waals surface area contributed by atoms with Crippen LogP contribution in [0.1, 0.15) is 15.9 Å². The Labute approximate surface area is 70.2 Å². The van der Waals surface area contributed by atoms with Gasteiger partial charge in [-0.25, -0.2) is 0 Å². The highest BCUT2D eigenvalue weighted by Crippen LogP contribution is 2.06. The van der Waals surface area contributed by atoms with Gasteiger partial charge < -0.3 is 4.57 Å². The smallest absolute Gasteiger partial charge is 0.152 e. The van der Waals surface area contributed by atoms with Crippen molar-refractivity contribution in [3.05, 3.63) is 23.5 Å². The lowest BCUT2D eigenvalue weighted by atomic mass is 10.2. The number of carbonyl (C=O) groups is 1. The first-order chi connectivity index (χ1) is 5.81. The van der Waals surface area contributed by atoms with Crippen LogP contribution in [0, 0.1) is 23.7 Å². The van der Waals surface area contributed by atoms with Gasteiger partial charge in [-0.1, -0.05) is 5.92 Å². The Balaban J connectivity index is 3.09. The van der Waals surface area contributed by atoms with Crippen molar-refractivity contribution in [2.45, 2.75) is 6.54 Å². The predicted molar refractivity (Wildman–Crippen MR) is 43.4 cm³/mol. The van der Waals surface area contributed by atoms with E-state index in [0.717, 1.165) is 0 Å². The standard InChI is InChI=1S/C9H6N2O/c1-2-3-11-5-8(4-10)9(6-11)7-12/h1,5-7H,3H2. The minimum atomic E-state index is 0.361. The fraction of sp³-hybridized carbons (Fsp3) is 0.111. The molecule has 0 spiro atoms. The van der Waals surface area contributed by atoms with Gasteiger partial charge in [-0.2, -0.15) is 5.26 Å². The molecular formula is C9H6N2O. The molecule has 0 amide bonds. The maximum Gasteiger partial charge on any atom is 0.152 e. The van der Waals surface area contributed by atoms with Gasteiger partial charge in [-0.05, 0) is 0 Å². The van der Waals surface area contributed by atoms with E-state index in [1.807, 2.05) is 6.07 Å². The Morgan fingerprint density at radius 2 is 2.42 bits per heavy atom. The molecule has 3 heteroatoms. The van der Waals surface area contributed by atoms with Crippen molar-refractivity contribution in [1.82, 2.24) is 4.57 Å². The van der Waals surface area contributed by atoms with Crippen LogP contribution in [0.25, 0.3) is 0 Å². The van der Waals surface area contributed by atoms with Crippen LogP contribution in [0.5, 0.6) is 0 Å². The van der Waals surface area contributed by atoms with Crippen LogP contribution in [0.2, 0.25) is 0 Å². The molecule has 0 aliphatic carbocycles. The molecule has 0 N–H and O–H groups in total. The first-order valence-electron chi connectivity index (χ1n) is 3.30. The molecule has 1 rings (SSSR count). The minimum absolute atomic E-state index is 0.361. The summed E-state index contributed by atoms with van der Waals surface area (Å²) in [6, 6.07) is 1.90. The number of terminal acetylenes is 1. The zero-order valence-corrected chi connectivity index (χ0v) is 6.32. The normalized spacial score (nSPS) is 8.50.